The van der Waals surface area contributed by atoms with Crippen molar-refractivity contribution in [1.82, 2.24) is 20.4 Å². The average Bonchev–Trinajstić information content (AvgIpc) is 3.13. The molecule has 1 aromatic rings. The summed E-state index contributed by atoms with van der Waals surface area (Å²) in [5.41, 5.74) is 0.923. The second-order valence-electron chi connectivity index (χ2n) is 6.58. The molecule has 5 nitrogen and oxygen atoms in total. The van der Waals surface area contributed by atoms with Gasteiger partial charge >= 0.3 is 0 Å². The molecule has 124 valence electrons. The molecule has 3 unspecified atom stereocenters. The lowest BCUT2D eigenvalue weighted by Crippen LogP contribution is -2.38. The minimum Gasteiger partial charge on any atom is -0.351 e. The fourth-order valence-corrected chi connectivity index (χ4v) is 3.77. The minimum atomic E-state index is -0.300. The Kier molecular flexibility index (Phi) is 5.87. The van der Waals surface area contributed by atoms with Gasteiger partial charge in [-0.05, 0) is 25.3 Å². The molecule has 2 saturated carbocycles. The Morgan fingerprint density at radius 3 is 2.68 bits per heavy atom. The van der Waals surface area contributed by atoms with Crippen LogP contribution in [0.25, 0.3) is 0 Å². The number of rotatable bonds is 5. The quantitative estimate of drug-likeness (QED) is 0.872. The van der Waals surface area contributed by atoms with E-state index in [1.54, 1.807) is 10.9 Å². The summed E-state index contributed by atoms with van der Waals surface area (Å²) in [6.45, 7) is 0. The normalized spacial score (nSPS) is 26.1. The van der Waals surface area contributed by atoms with E-state index in [1.807, 2.05) is 20.3 Å². The second kappa shape index (κ2) is 7.47. The smallest absolute Gasteiger partial charge is 0.242 e. The summed E-state index contributed by atoms with van der Waals surface area (Å²) in [6.07, 6.45) is 11.7. The van der Waals surface area contributed by atoms with Crippen LogP contribution in [-0.2, 0) is 11.8 Å². The molecule has 1 heterocycles. The highest BCUT2D eigenvalue weighted by Crippen LogP contribution is 2.44. The van der Waals surface area contributed by atoms with Crippen LogP contribution < -0.4 is 10.6 Å². The second-order valence-corrected chi connectivity index (χ2v) is 6.58. The first kappa shape index (κ1) is 17.3. The van der Waals surface area contributed by atoms with Gasteiger partial charge < -0.3 is 10.6 Å². The van der Waals surface area contributed by atoms with Crippen LogP contribution in [0.15, 0.2) is 12.4 Å². The number of nitrogens with one attached hydrogen (secondary N) is 2. The predicted molar refractivity (Wildman–Crippen MR) is 88.9 cm³/mol. The number of aromatic nitrogens is 2. The molecule has 6 heteroatoms. The van der Waals surface area contributed by atoms with Crippen molar-refractivity contribution in [2.24, 2.45) is 18.9 Å². The van der Waals surface area contributed by atoms with Gasteiger partial charge in [0, 0.05) is 24.8 Å². The van der Waals surface area contributed by atoms with Crippen molar-refractivity contribution in [3.8, 4) is 0 Å². The van der Waals surface area contributed by atoms with Gasteiger partial charge in [0.25, 0.3) is 0 Å². The number of amides is 1. The molecule has 0 radical (unpaired) electrons. The molecular formula is C16H27ClN4O. The molecule has 2 aliphatic carbocycles. The average molecular weight is 327 g/mol. The van der Waals surface area contributed by atoms with Gasteiger partial charge in [-0.1, -0.05) is 32.1 Å². The molecule has 22 heavy (non-hydrogen) atoms. The number of hydrogen-bond acceptors (Lipinski definition) is 3. The monoisotopic (exact) mass is 326 g/mol. The zero-order chi connectivity index (χ0) is 14.8. The van der Waals surface area contributed by atoms with Crippen LogP contribution in [0, 0.1) is 11.8 Å². The Bertz CT molecular complexity index is 498. The van der Waals surface area contributed by atoms with Crippen molar-refractivity contribution < 1.29 is 4.79 Å². The van der Waals surface area contributed by atoms with E-state index in [9.17, 15) is 4.79 Å². The van der Waals surface area contributed by atoms with Crippen molar-refractivity contribution in [3.63, 3.8) is 0 Å². The van der Waals surface area contributed by atoms with Crippen LogP contribution in [0.5, 0.6) is 0 Å². The van der Waals surface area contributed by atoms with Crippen molar-refractivity contribution >= 4 is 18.3 Å². The third kappa shape index (κ3) is 3.82. The predicted octanol–water partition coefficient (Wildman–Crippen LogP) is 2.19. The summed E-state index contributed by atoms with van der Waals surface area (Å²) < 4.78 is 1.73. The lowest BCUT2D eigenvalue weighted by molar-refractivity contribution is -0.123. The molecule has 3 rings (SSSR count). The standard InChI is InChI=1S/C16H26N4O.ClH/c1-17-15(12-9-18-20(2)10-12)16(21)19-14-8-13(14)11-6-4-3-5-7-11;/h9-11,13-15,17H,3-8H2,1-2H3,(H,19,21);1H. The Balaban J connectivity index is 0.00000176. The van der Waals surface area contributed by atoms with Crippen molar-refractivity contribution in [3.05, 3.63) is 18.0 Å². The first-order valence-electron chi connectivity index (χ1n) is 8.15. The summed E-state index contributed by atoms with van der Waals surface area (Å²) in [5, 5.41) is 10.5. The fraction of sp³-hybridized carbons (Fsp3) is 0.750. The van der Waals surface area contributed by atoms with E-state index in [-0.39, 0.29) is 24.4 Å². The van der Waals surface area contributed by atoms with Gasteiger partial charge in [-0.15, -0.1) is 12.4 Å². The van der Waals surface area contributed by atoms with E-state index in [0.29, 0.717) is 6.04 Å². The molecule has 2 N–H and O–H groups in total. The van der Waals surface area contributed by atoms with Crippen LogP contribution in [0.3, 0.4) is 0 Å². The summed E-state index contributed by atoms with van der Waals surface area (Å²) >= 11 is 0. The summed E-state index contributed by atoms with van der Waals surface area (Å²) in [4.78, 5) is 12.5. The van der Waals surface area contributed by atoms with E-state index in [1.165, 1.54) is 38.5 Å². The highest BCUT2D eigenvalue weighted by Gasteiger charge is 2.44. The number of carbonyl (C=O) groups is 1. The van der Waals surface area contributed by atoms with Crippen LogP contribution in [-0.4, -0.2) is 28.8 Å². The molecule has 1 amide bonds. The highest BCUT2D eigenvalue weighted by atomic mass is 35.5. The number of nitrogens with zero attached hydrogens (tertiary/aromatic N) is 2. The lowest BCUT2D eigenvalue weighted by Gasteiger charge is -2.22. The van der Waals surface area contributed by atoms with E-state index < -0.39 is 0 Å². The lowest BCUT2D eigenvalue weighted by atomic mass is 9.85. The number of aryl methyl sites for hydroxylation is 1. The Morgan fingerprint density at radius 1 is 1.36 bits per heavy atom. The zero-order valence-corrected chi connectivity index (χ0v) is 14.2. The van der Waals surface area contributed by atoms with Crippen LogP contribution in [0.1, 0.15) is 50.1 Å². The van der Waals surface area contributed by atoms with Gasteiger partial charge in [0.1, 0.15) is 6.04 Å². The molecule has 1 aromatic heterocycles. The number of likely N-dealkylation sites (N-methyl/N-ethyl adjacent to an activating group) is 1. The molecule has 2 aliphatic rings. The Labute approximate surface area is 138 Å². The van der Waals surface area contributed by atoms with Crippen LogP contribution >= 0.6 is 12.4 Å². The van der Waals surface area contributed by atoms with Gasteiger partial charge in [-0.2, -0.15) is 5.10 Å². The molecular weight excluding hydrogens is 300 g/mol. The first-order valence-corrected chi connectivity index (χ1v) is 8.15. The third-order valence-electron chi connectivity index (χ3n) is 5.03. The van der Waals surface area contributed by atoms with E-state index in [4.69, 9.17) is 0 Å². The molecule has 0 spiro atoms. The van der Waals surface area contributed by atoms with E-state index in [0.717, 1.165) is 17.4 Å². The Morgan fingerprint density at radius 2 is 2.09 bits per heavy atom. The summed E-state index contributed by atoms with van der Waals surface area (Å²) in [7, 11) is 3.69. The topological polar surface area (TPSA) is 59.0 Å². The SMILES string of the molecule is CNC(C(=O)NC1CC1C1CCCCC1)c1cnn(C)c1.Cl. The maximum atomic E-state index is 12.5. The largest absolute Gasteiger partial charge is 0.351 e. The van der Waals surface area contributed by atoms with Gasteiger partial charge in [0.15, 0.2) is 0 Å². The number of halogens is 1. The number of hydrogen-bond donors (Lipinski definition) is 2. The summed E-state index contributed by atoms with van der Waals surface area (Å²) in [5.74, 6) is 1.64. The van der Waals surface area contributed by atoms with E-state index >= 15 is 0 Å². The minimum absolute atomic E-state index is 0. The Hall–Kier alpha value is -1.07. The number of carbonyl (C=O) groups excluding carboxylic acids is 1. The third-order valence-corrected chi connectivity index (χ3v) is 5.03. The van der Waals surface area contributed by atoms with Gasteiger partial charge in [0.05, 0.1) is 6.20 Å². The van der Waals surface area contributed by atoms with Gasteiger partial charge in [0.2, 0.25) is 5.91 Å². The maximum absolute atomic E-state index is 12.5. The van der Waals surface area contributed by atoms with Crippen LogP contribution in [0.4, 0.5) is 0 Å². The van der Waals surface area contributed by atoms with Crippen LogP contribution in [0.2, 0.25) is 0 Å². The molecule has 0 saturated heterocycles. The molecule has 0 aliphatic heterocycles. The molecule has 3 atom stereocenters. The van der Waals surface area contributed by atoms with Gasteiger partial charge in [-0.3, -0.25) is 9.48 Å². The van der Waals surface area contributed by atoms with Crippen molar-refractivity contribution in [2.45, 2.75) is 50.6 Å². The zero-order valence-electron chi connectivity index (χ0n) is 13.4. The highest BCUT2D eigenvalue weighted by molar-refractivity contribution is 5.85. The summed E-state index contributed by atoms with van der Waals surface area (Å²) in [6, 6.07) is 0.0967. The van der Waals surface area contributed by atoms with Crippen molar-refractivity contribution in [1.29, 1.82) is 0 Å². The molecule has 2 fully saturated rings. The maximum Gasteiger partial charge on any atom is 0.242 e. The van der Waals surface area contributed by atoms with Gasteiger partial charge in [-0.25, -0.2) is 0 Å². The first-order chi connectivity index (χ1) is 10.2. The molecule has 0 bridgehead atoms. The molecule has 0 aromatic carbocycles. The van der Waals surface area contributed by atoms with Crippen molar-refractivity contribution in [2.75, 3.05) is 7.05 Å². The van der Waals surface area contributed by atoms with E-state index in [2.05, 4.69) is 15.7 Å². The fourth-order valence-electron chi connectivity index (χ4n) is 3.77.